The molecule has 0 aliphatic carbocycles. The lowest BCUT2D eigenvalue weighted by Crippen LogP contribution is -2.39. The molecule has 0 bridgehead atoms. The molecule has 17 heavy (non-hydrogen) atoms. The molecule has 1 amide bonds. The molecule has 94 valence electrons. The average Bonchev–Trinajstić information content (AvgIpc) is 2.97. The van der Waals surface area contributed by atoms with Crippen molar-refractivity contribution in [2.75, 3.05) is 6.54 Å². The number of nitrogens with zero attached hydrogens (tertiary/aromatic N) is 1. The Morgan fingerprint density at radius 2 is 2.53 bits per heavy atom. The lowest BCUT2D eigenvalue weighted by atomic mass is 10.2. The smallest absolute Gasteiger partial charge is 0.237 e. The van der Waals surface area contributed by atoms with E-state index in [9.17, 15) is 4.79 Å². The second-order valence-electron chi connectivity index (χ2n) is 4.69. The highest BCUT2D eigenvalue weighted by Crippen LogP contribution is 2.17. The molecule has 2 rings (SSSR count). The second kappa shape index (κ2) is 5.60. The molecule has 1 fully saturated rings. The van der Waals surface area contributed by atoms with Crippen LogP contribution in [0.15, 0.2) is 5.38 Å². The first-order valence-electron chi connectivity index (χ1n) is 6.12. The van der Waals surface area contributed by atoms with E-state index in [0.29, 0.717) is 12.5 Å². The van der Waals surface area contributed by atoms with Gasteiger partial charge in [-0.05, 0) is 25.3 Å². The van der Waals surface area contributed by atoms with Crippen LogP contribution in [0.5, 0.6) is 0 Å². The molecule has 2 heterocycles. The van der Waals surface area contributed by atoms with Crippen LogP contribution in [-0.4, -0.2) is 23.5 Å². The Hall–Kier alpha value is -0.940. The number of hydrogen-bond donors (Lipinski definition) is 2. The summed E-state index contributed by atoms with van der Waals surface area (Å²) in [5.41, 5.74) is 1.11. The maximum Gasteiger partial charge on any atom is 0.237 e. The molecule has 0 aromatic carbocycles. The van der Waals surface area contributed by atoms with Crippen LogP contribution in [0.25, 0.3) is 0 Å². The third kappa shape index (κ3) is 3.26. The van der Waals surface area contributed by atoms with Crippen LogP contribution in [-0.2, 0) is 11.3 Å². The van der Waals surface area contributed by atoms with E-state index in [2.05, 4.69) is 34.8 Å². The molecule has 1 aromatic heterocycles. The van der Waals surface area contributed by atoms with Crippen molar-refractivity contribution in [1.29, 1.82) is 0 Å². The van der Waals surface area contributed by atoms with Crippen LogP contribution >= 0.6 is 11.3 Å². The summed E-state index contributed by atoms with van der Waals surface area (Å²) >= 11 is 1.62. The molecule has 5 heteroatoms. The summed E-state index contributed by atoms with van der Waals surface area (Å²) in [5.74, 6) is 0.552. The van der Waals surface area contributed by atoms with Crippen molar-refractivity contribution >= 4 is 17.2 Å². The first-order valence-corrected chi connectivity index (χ1v) is 7.00. The fourth-order valence-electron chi connectivity index (χ4n) is 1.87. The quantitative estimate of drug-likeness (QED) is 0.857. The van der Waals surface area contributed by atoms with Gasteiger partial charge in [-0.25, -0.2) is 4.98 Å². The van der Waals surface area contributed by atoms with Gasteiger partial charge >= 0.3 is 0 Å². The van der Waals surface area contributed by atoms with Gasteiger partial charge in [0.2, 0.25) is 5.91 Å². The number of aromatic nitrogens is 1. The SMILES string of the molecule is CC(C)c1csc(CNC(=O)[C@@H]2CCCN2)n1. The zero-order valence-corrected chi connectivity index (χ0v) is 11.1. The minimum Gasteiger partial charge on any atom is -0.348 e. The number of thiazole rings is 1. The molecular weight excluding hydrogens is 234 g/mol. The number of carbonyl (C=O) groups is 1. The van der Waals surface area contributed by atoms with Crippen molar-refractivity contribution in [1.82, 2.24) is 15.6 Å². The highest BCUT2D eigenvalue weighted by Gasteiger charge is 2.21. The van der Waals surface area contributed by atoms with Gasteiger partial charge in [-0.2, -0.15) is 0 Å². The first-order chi connectivity index (χ1) is 8.16. The van der Waals surface area contributed by atoms with E-state index in [1.54, 1.807) is 11.3 Å². The van der Waals surface area contributed by atoms with Crippen LogP contribution in [0, 0.1) is 0 Å². The standard InChI is InChI=1S/C12H19N3OS/c1-8(2)10-7-17-11(15-10)6-14-12(16)9-4-3-5-13-9/h7-9,13H,3-6H2,1-2H3,(H,14,16)/t9-/m0/s1. The van der Waals surface area contributed by atoms with Gasteiger partial charge in [0.25, 0.3) is 0 Å². The zero-order valence-electron chi connectivity index (χ0n) is 10.3. The molecule has 1 aromatic rings. The van der Waals surface area contributed by atoms with E-state index in [1.807, 2.05) is 0 Å². The normalized spacial score (nSPS) is 19.8. The Kier molecular flexibility index (Phi) is 4.12. The van der Waals surface area contributed by atoms with Crippen LogP contribution in [0.3, 0.4) is 0 Å². The Morgan fingerprint density at radius 1 is 1.71 bits per heavy atom. The van der Waals surface area contributed by atoms with E-state index in [-0.39, 0.29) is 11.9 Å². The van der Waals surface area contributed by atoms with Gasteiger partial charge in [-0.1, -0.05) is 13.8 Å². The van der Waals surface area contributed by atoms with Gasteiger partial charge < -0.3 is 10.6 Å². The number of carbonyl (C=O) groups excluding carboxylic acids is 1. The molecular formula is C12H19N3OS. The van der Waals surface area contributed by atoms with Gasteiger partial charge in [0, 0.05) is 5.38 Å². The molecule has 1 atom stereocenters. The molecule has 1 saturated heterocycles. The summed E-state index contributed by atoms with van der Waals surface area (Å²) in [6.45, 7) is 5.75. The van der Waals surface area contributed by atoms with E-state index < -0.39 is 0 Å². The fraction of sp³-hybridized carbons (Fsp3) is 0.667. The Bertz CT molecular complexity index is 383. The minimum atomic E-state index is -0.000434. The molecule has 4 nitrogen and oxygen atoms in total. The molecule has 0 radical (unpaired) electrons. The zero-order chi connectivity index (χ0) is 12.3. The highest BCUT2D eigenvalue weighted by atomic mass is 32.1. The molecule has 0 spiro atoms. The number of rotatable bonds is 4. The summed E-state index contributed by atoms with van der Waals surface area (Å²) in [7, 11) is 0. The van der Waals surface area contributed by atoms with E-state index in [4.69, 9.17) is 0 Å². The summed E-state index contributed by atoms with van der Waals surface area (Å²) < 4.78 is 0. The predicted octanol–water partition coefficient (Wildman–Crippen LogP) is 1.63. The lowest BCUT2D eigenvalue weighted by molar-refractivity contribution is -0.122. The van der Waals surface area contributed by atoms with Gasteiger partial charge in [-0.15, -0.1) is 11.3 Å². The fourth-order valence-corrected chi connectivity index (χ4v) is 2.76. The van der Waals surface area contributed by atoms with Crippen LogP contribution in [0.1, 0.15) is 43.3 Å². The van der Waals surface area contributed by atoms with Crippen LogP contribution < -0.4 is 10.6 Å². The van der Waals surface area contributed by atoms with E-state index >= 15 is 0 Å². The maximum absolute atomic E-state index is 11.8. The van der Waals surface area contributed by atoms with Crippen LogP contribution in [0.2, 0.25) is 0 Å². The minimum absolute atomic E-state index is 0.000434. The summed E-state index contributed by atoms with van der Waals surface area (Å²) in [6, 6.07) is -0.000434. The predicted molar refractivity (Wildman–Crippen MR) is 69.1 cm³/mol. The second-order valence-corrected chi connectivity index (χ2v) is 5.63. The molecule has 2 N–H and O–H groups in total. The van der Waals surface area contributed by atoms with Gasteiger partial charge in [0.15, 0.2) is 0 Å². The third-order valence-corrected chi connectivity index (χ3v) is 3.82. The molecule has 0 saturated carbocycles. The number of hydrogen-bond acceptors (Lipinski definition) is 4. The van der Waals surface area contributed by atoms with Crippen LogP contribution in [0.4, 0.5) is 0 Å². The third-order valence-electron chi connectivity index (χ3n) is 2.95. The van der Waals surface area contributed by atoms with Crippen molar-refractivity contribution in [3.8, 4) is 0 Å². The van der Waals surface area contributed by atoms with Crippen molar-refractivity contribution in [3.05, 3.63) is 16.1 Å². The number of nitrogens with one attached hydrogen (secondary N) is 2. The van der Waals surface area contributed by atoms with Crippen molar-refractivity contribution < 1.29 is 4.79 Å². The van der Waals surface area contributed by atoms with Gasteiger partial charge in [0.05, 0.1) is 18.3 Å². The monoisotopic (exact) mass is 253 g/mol. The van der Waals surface area contributed by atoms with Crippen molar-refractivity contribution in [2.45, 2.75) is 45.2 Å². The van der Waals surface area contributed by atoms with Crippen molar-refractivity contribution in [3.63, 3.8) is 0 Å². The summed E-state index contributed by atoms with van der Waals surface area (Å²) in [6.07, 6.45) is 2.04. The summed E-state index contributed by atoms with van der Waals surface area (Å²) in [4.78, 5) is 16.3. The Morgan fingerprint density at radius 3 is 3.12 bits per heavy atom. The molecule has 0 unspecified atom stereocenters. The average molecular weight is 253 g/mol. The first kappa shape index (κ1) is 12.5. The number of amides is 1. The van der Waals surface area contributed by atoms with Crippen molar-refractivity contribution in [2.24, 2.45) is 0 Å². The maximum atomic E-state index is 11.8. The van der Waals surface area contributed by atoms with E-state index in [1.165, 1.54) is 0 Å². The Labute approximate surface area is 106 Å². The van der Waals surface area contributed by atoms with Gasteiger partial charge in [0.1, 0.15) is 5.01 Å². The molecule has 1 aliphatic heterocycles. The largest absolute Gasteiger partial charge is 0.348 e. The lowest BCUT2D eigenvalue weighted by Gasteiger charge is -2.09. The highest BCUT2D eigenvalue weighted by molar-refractivity contribution is 7.09. The van der Waals surface area contributed by atoms with Gasteiger partial charge in [-0.3, -0.25) is 4.79 Å². The topological polar surface area (TPSA) is 54.0 Å². The molecule has 1 aliphatic rings. The van der Waals surface area contributed by atoms with E-state index in [0.717, 1.165) is 30.1 Å². The Balaban J connectivity index is 1.82. The summed E-state index contributed by atoms with van der Waals surface area (Å²) in [5, 5.41) is 9.18.